The van der Waals surface area contributed by atoms with E-state index >= 15 is 0 Å². The number of hydrogen-bond donors (Lipinski definition) is 2. The van der Waals surface area contributed by atoms with Crippen LogP contribution in [0.15, 0.2) is 49.1 Å². The number of fused-ring (bicyclic) bond motifs is 2. The van der Waals surface area contributed by atoms with Crippen LogP contribution in [0.25, 0.3) is 33.1 Å². The maximum Gasteiger partial charge on any atom is 0.146 e. The molecule has 1 fully saturated rings. The first-order valence-corrected chi connectivity index (χ1v) is 8.48. The molecule has 1 aliphatic heterocycles. The minimum atomic E-state index is 0.388. The van der Waals surface area contributed by atoms with E-state index in [1.807, 2.05) is 24.4 Å². The number of nitrogen functional groups attached to an aromatic ring is 1. The van der Waals surface area contributed by atoms with E-state index in [1.54, 1.807) is 6.33 Å². The average molecular weight is 330 g/mol. The minimum Gasteiger partial charge on any atom is -0.383 e. The standard InChI is InChI=1S/C19H18N6/c20-18-17-15(13-7-12-3-1-2-4-16(12)22-8-13)10-25(14-5-6-21-9-14)19(17)24-11-23-18/h1-4,7-8,10-11,14,21H,5-6,9H2,(H2,20,23,24)/t14-/m1/s1. The lowest BCUT2D eigenvalue weighted by Gasteiger charge is -2.11. The Bertz CT molecular complexity index is 1080. The third-order valence-electron chi connectivity index (χ3n) is 4.97. The molecule has 0 amide bonds. The van der Waals surface area contributed by atoms with Gasteiger partial charge < -0.3 is 15.6 Å². The molecule has 6 nitrogen and oxygen atoms in total. The summed E-state index contributed by atoms with van der Waals surface area (Å²) in [7, 11) is 0. The summed E-state index contributed by atoms with van der Waals surface area (Å²) in [6.07, 6.45) is 6.68. The van der Waals surface area contributed by atoms with Crippen LogP contribution in [0.2, 0.25) is 0 Å². The third kappa shape index (κ3) is 2.26. The van der Waals surface area contributed by atoms with Crippen molar-refractivity contribution in [3.63, 3.8) is 0 Å². The van der Waals surface area contributed by atoms with E-state index in [0.717, 1.165) is 52.6 Å². The van der Waals surface area contributed by atoms with E-state index in [4.69, 9.17) is 5.73 Å². The van der Waals surface area contributed by atoms with Crippen LogP contribution in [-0.2, 0) is 0 Å². The van der Waals surface area contributed by atoms with Crippen LogP contribution >= 0.6 is 0 Å². The lowest BCUT2D eigenvalue weighted by atomic mass is 10.1. The molecule has 0 radical (unpaired) electrons. The number of anilines is 1. The van der Waals surface area contributed by atoms with Crippen molar-refractivity contribution in [1.82, 2.24) is 24.8 Å². The fraction of sp³-hybridized carbons (Fsp3) is 0.211. The highest BCUT2D eigenvalue weighted by molar-refractivity contribution is 6.01. The van der Waals surface area contributed by atoms with Crippen LogP contribution in [0.1, 0.15) is 12.5 Å². The van der Waals surface area contributed by atoms with E-state index in [0.29, 0.717) is 11.9 Å². The molecule has 5 rings (SSSR count). The largest absolute Gasteiger partial charge is 0.383 e. The lowest BCUT2D eigenvalue weighted by Crippen LogP contribution is -2.13. The number of pyridine rings is 1. The van der Waals surface area contributed by atoms with Gasteiger partial charge in [-0.25, -0.2) is 9.97 Å². The van der Waals surface area contributed by atoms with Crippen LogP contribution in [-0.4, -0.2) is 32.6 Å². The topological polar surface area (TPSA) is 81.7 Å². The summed E-state index contributed by atoms with van der Waals surface area (Å²) >= 11 is 0. The number of hydrogen-bond acceptors (Lipinski definition) is 5. The number of para-hydroxylation sites is 1. The Morgan fingerprint density at radius 3 is 2.96 bits per heavy atom. The molecule has 0 saturated carbocycles. The third-order valence-corrected chi connectivity index (χ3v) is 4.97. The zero-order chi connectivity index (χ0) is 16.8. The predicted octanol–water partition coefficient (Wildman–Crippen LogP) is 2.76. The van der Waals surface area contributed by atoms with E-state index in [9.17, 15) is 0 Å². The monoisotopic (exact) mass is 330 g/mol. The van der Waals surface area contributed by atoms with Gasteiger partial charge in [0.1, 0.15) is 17.8 Å². The van der Waals surface area contributed by atoms with E-state index < -0.39 is 0 Å². The van der Waals surface area contributed by atoms with Crippen LogP contribution in [0.3, 0.4) is 0 Å². The molecule has 0 unspecified atom stereocenters. The molecule has 0 bridgehead atoms. The number of rotatable bonds is 2. The average Bonchev–Trinajstić information content (AvgIpc) is 3.29. The molecule has 6 heteroatoms. The van der Waals surface area contributed by atoms with Gasteiger partial charge in [0.05, 0.1) is 10.9 Å². The Morgan fingerprint density at radius 2 is 2.08 bits per heavy atom. The highest BCUT2D eigenvalue weighted by Gasteiger charge is 2.22. The molecule has 0 aliphatic carbocycles. The Morgan fingerprint density at radius 1 is 1.16 bits per heavy atom. The Hall–Kier alpha value is -2.99. The molecule has 4 aromatic rings. The zero-order valence-corrected chi connectivity index (χ0v) is 13.7. The second-order valence-electron chi connectivity index (χ2n) is 6.47. The summed E-state index contributed by atoms with van der Waals surface area (Å²) in [5.74, 6) is 0.512. The maximum absolute atomic E-state index is 6.22. The van der Waals surface area contributed by atoms with E-state index in [-0.39, 0.29) is 0 Å². The number of aromatic nitrogens is 4. The lowest BCUT2D eigenvalue weighted by molar-refractivity contribution is 0.562. The summed E-state index contributed by atoms with van der Waals surface area (Å²) in [6, 6.07) is 10.7. The number of nitrogens with zero attached hydrogens (tertiary/aromatic N) is 4. The smallest absolute Gasteiger partial charge is 0.146 e. The van der Waals surface area contributed by atoms with Crippen LogP contribution < -0.4 is 11.1 Å². The van der Waals surface area contributed by atoms with Crippen LogP contribution in [0.4, 0.5) is 5.82 Å². The predicted molar refractivity (Wildman–Crippen MR) is 99.2 cm³/mol. The molecule has 3 N–H and O–H groups in total. The molecular formula is C19H18N6. The van der Waals surface area contributed by atoms with Gasteiger partial charge in [0, 0.05) is 41.5 Å². The normalized spacial score (nSPS) is 17.5. The van der Waals surface area contributed by atoms with Crippen molar-refractivity contribution in [3.8, 4) is 11.1 Å². The first-order chi connectivity index (χ1) is 12.3. The first kappa shape index (κ1) is 14.4. The molecule has 4 heterocycles. The highest BCUT2D eigenvalue weighted by atomic mass is 15.1. The minimum absolute atomic E-state index is 0.388. The second-order valence-corrected chi connectivity index (χ2v) is 6.47. The maximum atomic E-state index is 6.22. The SMILES string of the molecule is Nc1ncnc2c1c(-c1cnc3ccccc3c1)cn2[C@@H]1CCNC1. The highest BCUT2D eigenvalue weighted by Crippen LogP contribution is 2.35. The molecule has 1 atom stereocenters. The summed E-state index contributed by atoms with van der Waals surface area (Å²) in [6.45, 7) is 1.97. The molecule has 25 heavy (non-hydrogen) atoms. The van der Waals surface area contributed by atoms with Crippen molar-refractivity contribution < 1.29 is 0 Å². The zero-order valence-electron chi connectivity index (χ0n) is 13.7. The quantitative estimate of drug-likeness (QED) is 0.590. The summed E-state index contributed by atoms with van der Waals surface area (Å²) in [4.78, 5) is 13.3. The molecule has 1 aliphatic rings. The Balaban J connectivity index is 1.76. The fourth-order valence-corrected chi connectivity index (χ4v) is 3.70. The summed E-state index contributed by atoms with van der Waals surface area (Å²) in [5, 5.41) is 5.43. The van der Waals surface area contributed by atoms with Gasteiger partial charge in [-0.1, -0.05) is 18.2 Å². The Labute approximate surface area is 144 Å². The van der Waals surface area contributed by atoms with Crippen molar-refractivity contribution in [1.29, 1.82) is 0 Å². The van der Waals surface area contributed by atoms with Gasteiger partial charge in [-0.3, -0.25) is 4.98 Å². The van der Waals surface area contributed by atoms with Gasteiger partial charge >= 0.3 is 0 Å². The molecular weight excluding hydrogens is 312 g/mol. The molecule has 124 valence electrons. The fourth-order valence-electron chi connectivity index (χ4n) is 3.70. The Kier molecular flexibility index (Phi) is 3.18. The van der Waals surface area contributed by atoms with Crippen LogP contribution in [0, 0.1) is 0 Å². The number of nitrogens with one attached hydrogen (secondary N) is 1. The van der Waals surface area contributed by atoms with Gasteiger partial charge in [-0.15, -0.1) is 0 Å². The van der Waals surface area contributed by atoms with Gasteiger partial charge in [0.2, 0.25) is 0 Å². The van der Waals surface area contributed by atoms with Crippen LogP contribution in [0.5, 0.6) is 0 Å². The van der Waals surface area contributed by atoms with Gasteiger partial charge in [0.25, 0.3) is 0 Å². The van der Waals surface area contributed by atoms with Crippen molar-refractivity contribution in [3.05, 3.63) is 49.1 Å². The van der Waals surface area contributed by atoms with Crippen molar-refractivity contribution in [2.75, 3.05) is 18.8 Å². The molecule has 1 aromatic carbocycles. The number of nitrogens with two attached hydrogens (primary N) is 1. The summed E-state index contributed by atoms with van der Waals surface area (Å²) in [5.41, 5.74) is 10.2. The molecule has 3 aromatic heterocycles. The second kappa shape index (κ2) is 5.53. The first-order valence-electron chi connectivity index (χ1n) is 8.48. The van der Waals surface area contributed by atoms with Gasteiger partial charge in [-0.05, 0) is 25.1 Å². The van der Waals surface area contributed by atoms with E-state index in [2.05, 4.69) is 43.2 Å². The molecule has 0 spiro atoms. The summed E-state index contributed by atoms with van der Waals surface area (Å²) < 4.78 is 2.23. The van der Waals surface area contributed by atoms with Gasteiger partial charge in [-0.2, -0.15) is 0 Å². The van der Waals surface area contributed by atoms with Crippen molar-refractivity contribution in [2.24, 2.45) is 0 Å². The van der Waals surface area contributed by atoms with Gasteiger partial charge in [0.15, 0.2) is 0 Å². The van der Waals surface area contributed by atoms with Crippen molar-refractivity contribution >= 4 is 27.8 Å². The van der Waals surface area contributed by atoms with Crippen molar-refractivity contribution in [2.45, 2.75) is 12.5 Å². The number of benzene rings is 1. The molecule has 1 saturated heterocycles. The van der Waals surface area contributed by atoms with E-state index in [1.165, 1.54) is 0 Å².